The molecule has 0 aromatic heterocycles. The molecule has 2 nitrogen and oxygen atoms in total. The van der Waals surface area contributed by atoms with E-state index < -0.39 is 0 Å². The Morgan fingerprint density at radius 2 is 1.95 bits per heavy atom. The molecule has 0 saturated heterocycles. The fourth-order valence-electron chi connectivity index (χ4n) is 2.12. The molecule has 0 bridgehead atoms. The monoisotopic (exact) mass is 333 g/mol. The van der Waals surface area contributed by atoms with Crippen LogP contribution in [0.3, 0.4) is 0 Å². The Morgan fingerprint density at radius 1 is 1.15 bits per heavy atom. The van der Waals surface area contributed by atoms with Gasteiger partial charge in [0.2, 0.25) is 0 Å². The number of nitrogens with two attached hydrogens (primary N) is 1. The first kappa shape index (κ1) is 15.1. The standard InChI is InChI=1S/C17H20BrNO/c1-12(2)16-11-14(18)6-7-17(16)20-15-5-3-4-13(10-15)8-9-19/h3-7,10-12H,8-9,19H2,1-2H3. The molecule has 0 aliphatic heterocycles. The summed E-state index contributed by atoms with van der Waals surface area (Å²) in [5.74, 6) is 2.18. The van der Waals surface area contributed by atoms with Crippen LogP contribution in [0.5, 0.6) is 11.5 Å². The topological polar surface area (TPSA) is 35.2 Å². The van der Waals surface area contributed by atoms with Crippen LogP contribution in [0.25, 0.3) is 0 Å². The van der Waals surface area contributed by atoms with Crippen LogP contribution in [0.1, 0.15) is 30.9 Å². The summed E-state index contributed by atoms with van der Waals surface area (Å²) in [5.41, 5.74) is 8.00. The van der Waals surface area contributed by atoms with E-state index in [1.807, 2.05) is 24.3 Å². The van der Waals surface area contributed by atoms with Crippen molar-refractivity contribution in [3.05, 3.63) is 58.1 Å². The number of rotatable bonds is 5. The van der Waals surface area contributed by atoms with E-state index in [0.29, 0.717) is 12.5 Å². The van der Waals surface area contributed by atoms with Crippen molar-refractivity contribution in [2.24, 2.45) is 5.73 Å². The van der Waals surface area contributed by atoms with Gasteiger partial charge in [0.25, 0.3) is 0 Å². The second-order valence-corrected chi connectivity index (χ2v) is 6.04. The minimum Gasteiger partial charge on any atom is -0.457 e. The van der Waals surface area contributed by atoms with Crippen LogP contribution in [0.15, 0.2) is 46.9 Å². The largest absolute Gasteiger partial charge is 0.457 e. The Kier molecular flexibility index (Phi) is 5.21. The van der Waals surface area contributed by atoms with Gasteiger partial charge in [0.15, 0.2) is 0 Å². The van der Waals surface area contributed by atoms with E-state index in [1.54, 1.807) is 0 Å². The molecule has 0 heterocycles. The molecular weight excluding hydrogens is 314 g/mol. The zero-order valence-electron chi connectivity index (χ0n) is 11.9. The first-order valence-corrected chi connectivity index (χ1v) is 7.65. The van der Waals surface area contributed by atoms with Crippen molar-refractivity contribution in [3.8, 4) is 11.5 Å². The van der Waals surface area contributed by atoms with E-state index in [-0.39, 0.29) is 0 Å². The number of halogens is 1. The minimum atomic E-state index is 0.412. The molecule has 0 radical (unpaired) electrons. The van der Waals surface area contributed by atoms with Gasteiger partial charge < -0.3 is 10.5 Å². The van der Waals surface area contributed by atoms with Crippen LogP contribution in [0.4, 0.5) is 0 Å². The Balaban J connectivity index is 2.27. The maximum atomic E-state index is 6.05. The van der Waals surface area contributed by atoms with Gasteiger partial charge in [-0.2, -0.15) is 0 Å². The fraction of sp³-hybridized carbons (Fsp3) is 0.294. The predicted octanol–water partition coefficient (Wildman–Crippen LogP) is 4.87. The molecule has 0 aliphatic rings. The van der Waals surface area contributed by atoms with E-state index in [9.17, 15) is 0 Å². The summed E-state index contributed by atoms with van der Waals surface area (Å²) in [7, 11) is 0. The Hall–Kier alpha value is -1.32. The molecule has 0 fully saturated rings. The SMILES string of the molecule is CC(C)c1cc(Br)ccc1Oc1cccc(CCN)c1. The van der Waals surface area contributed by atoms with Crippen molar-refractivity contribution in [3.63, 3.8) is 0 Å². The molecule has 2 rings (SSSR count). The number of benzene rings is 2. The normalized spacial score (nSPS) is 10.8. The molecule has 0 saturated carbocycles. The molecule has 0 aliphatic carbocycles. The number of hydrogen-bond acceptors (Lipinski definition) is 2. The first-order chi connectivity index (χ1) is 9.60. The van der Waals surface area contributed by atoms with E-state index in [4.69, 9.17) is 10.5 Å². The second kappa shape index (κ2) is 6.91. The molecule has 106 valence electrons. The van der Waals surface area contributed by atoms with Gasteiger partial charge in [0.1, 0.15) is 11.5 Å². The van der Waals surface area contributed by atoms with Gasteiger partial charge in [-0.3, -0.25) is 0 Å². The van der Waals surface area contributed by atoms with Gasteiger partial charge in [-0.15, -0.1) is 0 Å². The van der Waals surface area contributed by atoms with E-state index >= 15 is 0 Å². The summed E-state index contributed by atoms with van der Waals surface area (Å²) < 4.78 is 7.13. The van der Waals surface area contributed by atoms with Crippen molar-refractivity contribution in [1.82, 2.24) is 0 Å². The maximum Gasteiger partial charge on any atom is 0.130 e. The van der Waals surface area contributed by atoms with E-state index in [2.05, 4.69) is 48.0 Å². The van der Waals surface area contributed by atoms with Crippen LogP contribution in [-0.2, 0) is 6.42 Å². The molecule has 0 atom stereocenters. The summed E-state index contributed by atoms with van der Waals surface area (Å²) >= 11 is 3.51. The van der Waals surface area contributed by atoms with Crippen LogP contribution in [0.2, 0.25) is 0 Å². The molecule has 2 aromatic carbocycles. The Bertz CT molecular complexity index is 581. The molecule has 0 amide bonds. The summed E-state index contributed by atoms with van der Waals surface area (Å²) in [6, 6.07) is 14.2. The van der Waals surface area contributed by atoms with Crippen LogP contribution in [0, 0.1) is 0 Å². The number of hydrogen-bond donors (Lipinski definition) is 1. The Morgan fingerprint density at radius 3 is 2.65 bits per heavy atom. The molecule has 2 aromatic rings. The minimum absolute atomic E-state index is 0.412. The summed E-state index contributed by atoms with van der Waals surface area (Å²) in [4.78, 5) is 0. The summed E-state index contributed by atoms with van der Waals surface area (Å²) in [6.45, 7) is 4.98. The third-order valence-electron chi connectivity index (χ3n) is 3.15. The van der Waals surface area contributed by atoms with Gasteiger partial charge in [-0.1, -0.05) is 41.9 Å². The average molecular weight is 334 g/mol. The van der Waals surface area contributed by atoms with Gasteiger partial charge in [0.05, 0.1) is 0 Å². The van der Waals surface area contributed by atoms with Crippen LogP contribution < -0.4 is 10.5 Å². The van der Waals surface area contributed by atoms with Gasteiger partial charge >= 0.3 is 0 Å². The lowest BCUT2D eigenvalue weighted by Crippen LogP contribution is -2.02. The average Bonchev–Trinajstić information content (AvgIpc) is 2.41. The highest BCUT2D eigenvalue weighted by Crippen LogP contribution is 2.33. The van der Waals surface area contributed by atoms with Crippen molar-refractivity contribution in [1.29, 1.82) is 0 Å². The molecule has 20 heavy (non-hydrogen) atoms. The summed E-state index contributed by atoms with van der Waals surface area (Å²) in [6.07, 6.45) is 0.870. The highest BCUT2D eigenvalue weighted by Gasteiger charge is 2.09. The summed E-state index contributed by atoms with van der Waals surface area (Å²) in [5, 5.41) is 0. The van der Waals surface area contributed by atoms with Crippen LogP contribution in [-0.4, -0.2) is 6.54 Å². The lowest BCUT2D eigenvalue weighted by atomic mass is 10.0. The third-order valence-corrected chi connectivity index (χ3v) is 3.65. The van der Waals surface area contributed by atoms with Crippen molar-refractivity contribution in [2.75, 3.05) is 6.54 Å². The molecule has 0 spiro atoms. The van der Waals surface area contributed by atoms with E-state index in [1.165, 1.54) is 11.1 Å². The van der Waals surface area contributed by atoms with Gasteiger partial charge in [-0.05, 0) is 60.3 Å². The van der Waals surface area contributed by atoms with Gasteiger partial charge in [-0.25, -0.2) is 0 Å². The van der Waals surface area contributed by atoms with Crippen molar-refractivity contribution in [2.45, 2.75) is 26.2 Å². The molecule has 2 N–H and O–H groups in total. The predicted molar refractivity (Wildman–Crippen MR) is 87.5 cm³/mol. The maximum absolute atomic E-state index is 6.05. The highest BCUT2D eigenvalue weighted by molar-refractivity contribution is 9.10. The molecule has 3 heteroatoms. The lowest BCUT2D eigenvalue weighted by molar-refractivity contribution is 0.472. The lowest BCUT2D eigenvalue weighted by Gasteiger charge is -2.14. The number of ether oxygens (including phenoxy) is 1. The van der Waals surface area contributed by atoms with Crippen molar-refractivity contribution >= 4 is 15.9 Å². The van der Waals surface area contributed by atoms with Gasteiger partial charge in [0, 0.05) is 4.47 Å². The van der Waals surface area contributed by atoms with Crippen molar-refractivity contribution < 1.29 is 4.74 Å². The molecular formula is C17H20BrNO. The zero-order chi connectivity index (χ0) is 14.5. The second-order valence-electron chi connectivity index (χ2n) is 5.12. The zero-order valence-corrected chi connectivity index (χ0v) is 13.5. The molecule has 0 unspecified atom stereocenters. The fourth-order valence-corrected chi connectivity index (χ4v) is 2.50. The van der Waals surface area contributed by atoms with Crippen LogP contribution >= 0.6 is 15.9 Å². The highest BCUT2D eigenvalue weighted by atomic mass is 79.9. The smallest absolute Gasteiger partial charge is 0.130 e. The quantitative estimate of drug-likeness (QED) is 0.847. The third kappa shape index (κ3) is 3.84. The van der Waals surface area contributed by atoms with E-state index in [0.717, 1.165) is 22.4 Å². The Labute approximate surface area is 129 Å². The first-order valence-electron chi connectivity index (χ1n) is 6.86.